The van der Waals surface area contributed by atoms with Gasteiger partial charge in [0.1, 0.15) is 5.82 Å². The number of hydrogen-bond acceptors (Lipinski definition) is 7. The Morgan fingerprint density at radius 2 is 1.98 bits per heavy atom. The molecule has 1 N–H and O–H groups in total. The number of thiazole rings is 1. The topological polar surface area (TPSA) is 99.4 Å². The van der Waals surface area contributed by atoms with Crippen LogP contribution in [-0.2, 0) is 23.8 Å². The molecule has 210 valence electrons. The molecule has 2 aromatic heterocycles. The second-order valence-corrected chi connectivity index (χ2v) is 10.9. The fraction of sp³-hybridized carbons (Fsp3) is 0.333. The van der Waals surface area contributed by atoms with Crippen LogP contribution >= 0.6 is 22.9 Å². The summed E-state index contributed by atoms with van der Waals surface area (Å²) in [4.78, 5) is 16.2. The molecule has 0 unspecified atom stereocenters. The number of rotatable bonds is 8. The average molecular weight is 593 g/mol. The van der Waals surface area contributed by atoms with E-state index in [1.807, 2.05) is 6.07 Å². The number of benzene rings is 2. The Labute approximate surface area is 236 Å². The Kier molecular flexibility index (Phi) is 7.74. The smallest absolute Gasteiger partial charge is 0.452 e. The van der Waals surface area contributed by atoms with Gasteiger partial charge < -0.3 is 14.6 Å². The summed E-state index contributed by atoms with van der Waals surface area (Å²) in [5.74, 6) is -1.91. The number of methoxy groups -OCH3 is 2. The van der Waals surface area contributed by atoms with Crippen LogP contribution in [0.4, 0.5) is 13.2 Å². The number of aromatic nitrogens is 4. The molecule has 5 rings (SSSR count). The Morgan fingerprint density at radius 3 is 2.67 bits per heavy atom. The molecule has 1 aliphatic rings. The van der Waals surface area contributed by atoms with E-state index in [1.165, 1.54) is 25.6 Å². The summed E-state index contributed by atoms with van der Waals surface area (Å²) in [5, 5.41) is 17.7. The number of aryl methyl sites for hydroxylation is 1. The summed E-state index contributed by atoms with van der Waals surface area (Å²) >= 11 is 7.74. The number of para-hydroxylation sites is 1. The minimum absolute atomic E-state index is 0.0396. The van der Waals surface area contributed by atoms with Gasteiger partial charge in [0.05, 0.1) is 31.3 Å². The van der Waals surface area contributed by atoms with Gasteiger partial charge in [0.25, 0.3) is 0 Å². The Balaban J connectivity index is 1.68. The van der Waals surface area contributed by atoms with Gasteiger partial charge in [0, 0.05) is 39.9 Å². The van der Waals surface area contributed by atoms with Crippen LogP contribution in [0.5, 0.6) is 11.5 Å². The van der Waals surface area contributed by atoms with Gasteiger partial charge in [-0.1, -0.05) is 23.7 Å². The zero-order valence-corrected chi connectivity index (χ0v) is 23.0. The van der Waals surface area contributed by atoms with Crippen molar-refractivity contribution < 1.29 is 32.5 Å². The van der Waals surface area contributed by atoms with E-state index in [0.29, 0.717) is 39.9 Å². The molecule has 0 aliphatic carbocycles. The number of fused-ring (bicyclic) bond motifs is 3. The summed E-state index contributed by atoms with van der Waals surface area (Å²) < 4.78 is 54.9. The van der Waals surface area contributed by atoms with Crippen molar-refractivity contribution in [1.82, 2.24) is 19.7 Å². The van der Waals surface area contributed by atoms with Crippen LogP contribution in [0.2, 0.25) is 5.02 Å². The molecule has 8 nitrogen and oxygen atoms in total. The molecule has 2 atom stereocenters. The van der Waals surface area contributed by atoms with Crippen molar-refractivity contribution >= 4 is 28.9 Å². The number of carbonyl (C=O) groups is 1. The lowest BCUT2D eigenvalue weighted by Crippen LogP contribution is -2.16. The van der Waals surface area contributed by atoms with Gasteiger partial charge in [-0.05, 0) is 42.7 Å². The summed E-state index contributed by atoms with van der Waals surface area (Å²) in [5.41, 5.74) is 1.56. The highest BCUT2D eigenvalue weighted by atomic mass is 35.5. The first kappa shape index (κ1) is 27.9. The minimum atomic E-state index is -4.76. The van der Waals surface area contributed by atoms with Gasteiger partial charge in [-0.15, -0.1) is 21.5 Å². The Morgan fingerprint density at radius 1 is 1.18 bits per heavy atom. The normalized spacial score (nSPS) is 16.6. The first-order valence-electron chi connectivity index (χ1n) is 12.3. The number of halogens is 4. The quantitative estimate of drug-likeness (QED) is 0.257. The van der Waals surface area contributed by atoms with Gasteiger partial charge in [0.2, 0.25) is 5.82 Å². The van der Waals surface area contributed by atoms with E-state index in [4.69, 9.17) is 26.2 Å². The lowest BCUT2D eigenvalue weighted by atomic mass is 9.82. The molecule has 1 aliphatic heterocycles. The number of ether oxygens (including phenoxy) is 2. The maximum atomic E-state index is 14.2. The van der Waals surface area contributed by atoms with Gasteiger partial charge in [-0.25, -0.2) is 4.98 Å². The lowest BCUT2D eigenvalue weighted by molar-refractivity contribution is -0.146. The molecular formula is C27H24ClF3N4O4S. The van der Waals surface area contributed by atoms with Crippen LogP contribution in [0, 0.1) is 0 Å². The van der Waals surface area contributed by atoms with Crippen LogP contribution in [0.15, 0.2) is 42.6 Å². The third-order valence-corrected chi connectivity index (χ3v) is 8.16. The zero-order valence-electron chi connectivity index (χ0n) is 21.4. The molecule has 13 heteroatoms. The maximum absolute atomic E-state index is 14.2. The monoisotopic (exact) mass is 592 g/mol. The van der Waals surface area contributed by atoms with E-state index in [1.54, 1.807) is 36.5 Å². The summed E-state index contributed by atoms with van der Waals surface area (Å²) in [7, 11) is 3.03. The second kappa shape index (κ2) is 11.1. The van der Waals surface area contributed by atoms with Crippen molar-refractivity contribution in [2.45, 2.75) is 43.7 Å². The van der Waals surface area contributed by atoms with Crippen LogP contribution in [0.25, 0.3) is 5.69 Å². The van der Waals surface area contributed by atoms with E-state index in [0.717, 1.165) is 15.0 Å². The highest BCUT2D eigenvalue weighted by Crippen LogP contribution is 2.49. The Bertz CT molecular complexity index is 1560. The largest absolute Gasteiger partial charge is 0.493 e. The highest BCUT2D eigenvalue weighted by Gasteiger charge is 2.43. The number of aliphatic carboxylic acids is 1. The van der Waals surface area contributed by atoms with Gasteiger partial charge in [-0.2, -0.15) is 13.2 Å². The van der Waals surface area contributed by atoms with Gasteiger partial charge >= 0.3 is 12.1 Å². The van der Waals surface area contributed by atoms with Crippen molar-refractivity contribution in [3.05, 3.63) is 80.3 Å². The fourth-order valence-electron chi connectivity index (χ4n) is 5.16. The molecule has 0 radical (unpaired) electrons. The maximum Gasteiger partial charge on any atom is 0.452 e. The molecule has 2 aromatic carbocycles. The molecule has 0 fully saturated rings. The zero-order chi connectivity index (χ0) is 28.6. The number of alkyl halides is 3. The second-order valence-electron chi connectivity index (χ2n) is 9.30. The van der Waals surface area contributed by atoms with E-state index in [9.17, 15) is 18.0 Å². The van der Waals surface area contributed by atoms with E-state index >= 15 is 0 Å². The van der Waals surface area contributed by atoms with Crippen LogP contribution in [0.1, 0.15) is 57.3 Å². The van der Waals surface area contributed by atoms with Crippen molar-refractivity contribution in [2.75, 3.05) is 14.2 Å². The van der Waals surface area contributed by atoms with Crippen LogP contribution in [0.3, 0.4) is 0 Å². The van der Waals surface area contributed by atoms with E-state index < -0.39 is 29.8 Å². The predicted octanol–water partition coefficient (Wildman–Crippen LogP) is 6.29. The molecule has 0 saturated heterocycles. The standard InChI is InChI=1S/C27H24ClF3N4O4S/c1-38-21-5-3-4-17(24(21)39-2)18-10-14(11-22-32-13-16(40-22)7-9-23(36)37)25-33-34-26(27(29,30)31)35(25)20-8-6-15(28)12-19(18)20/h3-6,8,12-14,18H,7,9-11H2,1-2H3,(H,36,37)/t14-,18-/m0/s1. The number of carboxylic acid groups (broad SMARTS) is 1. The third kappa shape index (κ3) is 5.37. The predicted molar refractivity (Wildman–Crippen MR) is 142 cm³/mol. The highest BCUT2D eigenvalue weighted by molar-refractivity contribution is 7.11. The Hall–Kier alpha value is -3.64. The van der Waals surface area contributed by atoms with Crippen molar-refractivity contribution in [2.24, 2.45) is 0 Å². The van der Waals surface area contributed by atoms with Crippen molar-refractivity contribution in [3.63, 3.8) is 0 Å². The number of hydrogen-bond donors (Lipinski definition) is 1. The SMILES string of the molecule is COc1cccc([C@@H]2C[C@@H](Cc3ncc(CCC(=O)O)s3)c3nnc(C(F)(F)F)n3-c3ccc(Cl)cc32)c1OC. The molecule has 4 aromatic rings. The molecule has 40 heavy (non-hydrogen) atoms. The first-order chi connectivity index (χ1) is 19.1. The average Bonchev–Trinajstić information content (AvgIpc) is 3.54. The molecule has 0 spiro atoms. The van der Waals surface area contributed by atoms with Crippen LogP contribution < -0.4 is 9.47 Å². The molecule has 0 amide bonds. The number of carboxylic acids is 1. The molecular weight excluding hydrogens is 569 g/mol. The summed E-state index contributed by atoms with van der Waals surface area (Å²) in [6.07, 6.45) is -2.25. The summed E-state index contributed by atoms with van der Waals surface area (Å²) in [6.45, 7) is 0. The molecule has 3 heterocycles. The van der Waals surface area contributed by atoms with Gasteiger partial charge in [0.15, 0.2) is 11.5 Å². The fourth-order valence-corrected chi connectivity index (χ4v) is 6.34. The van der Waals surface area contributed by atoms with Gasteiger partial charge in [-0.3, -0.25) is 9.36 Å². The van der Waals surface area contributed by atoms with E-state index in [-0.39, 0.29) is 24.4 Å². The van der Waals surface area contributed by atoms with Crippen molar-refractivity contribution in [3.8, 4) is 17.2 Å². The molecule has 0 bridgehead atoms. The van der Waals surface area contributed by atoms with Crippen molar-refractivity contribution in [1.29, 1.82) is 0 Å². The number of nitrogens with zero attached hydrogens (tertiary/aromatic N) is 4. The minimum Gasteiger partial charge on any atom is -0.493 e. The molecule has 0 saturated carbocycles. The van der Waals surface area contributed by atoms with Crippen LogP contribution in [-0.4, -0.2) is 45.0 Å². The summed E-state index contributed by atoms with van der Waals surface area (Å²) in [6, 6.07) is 10.2. The lowest BCUT2D eigenvalue weighted by Gasteiger charge is -2.24. The van der Waals surface area contributed by atoms with E-state index in [2.05, 4.69) is 15.2 Å². The third-order valence-electron chi connectivity index (χ3n) is 6.85. The first-order valence-corrected chi connectivity index (χ1v) is 13.5.